The average molecular weight is 450 g/mol. The molecular formula is C31H19N3O. The van der Waals surface area contributed by atoms with Gasteiger partial charge in [-0.05, 0) is 42.5 Å². The SMILES string of the molecule is c1ccc2c(c1)oc1c2ccc2c3ccccc3n(-c3ccc(-c4cn5ccccc5n4)cc3)c21. The summed E-state index contributed by atoms with van der Waals surface area (Å²) in [4.78, 5) is 4.78. The van der Waals surface area contributed by atoms with E-state index in [9.17, 15) is 0 Å². The van der Waals surface area contributed by atoms with Gasteiger partial charge in [-0.3, -0.25) is 0 Å². The first-order valence-corrected chi connectivity index (χ1v) is 11.7. The molecule has 4 aromatic carbocycles. The summed E-state index contributed by atoms with van der Waals surface area (Å²) in [5, 5.41) is 4.69. The first-order chi connectivity index (χ1) is 17.3. The van der Waals surface area contributed by atoms with Gasteiger partial charge in [0.25, 0.3) is 0 Å². The van der Waals surface area contributed by atoms with Crippen molar-refractivity contribution in [2.75, 3.05) is 0 Å². The molecule has 35 heavy (non-hydrogen) atoms. The Bertz CT molecular complexity index is 2020. The van der Waals surface area contributed by atoms with E-state index in [1.807, 2.05) is 36.5 Å². The first-order valence-electron chi connectivity index (χ1n) is 11.7. The highest BCUT2D eigenvalue weighted by Gasteiger charge is 2.18. The molecule has 0 amide bonds. The predicted molar refractivity (Wildman–Crippen MR) is 142 cm³/mol. The van der Waals surface area contributed by atoms with E-state index < -0.39 is 0 Å². The highest BCUT2D eigenvalue weighted by molar-refractivity contribution is 6.21. The Labute approximate surface area is 200 Å². The minimum absolute atomic E-state index is 0.911. The molecule has 4 heterocycles. The third-order valence-corrected chi connectivity index (χ3v) is 6.96. The lowest BCUT2D eigenvalue weighted by Crippen LogP contribution is -1.94. The van der Waals surface area contributed by atoms with Crippen LogP contribution in [-0.4, -0.2) is 14.0 Å². The molecule has 8 rings (SSSR count). The second kappa shape index (κ2) is 6.84. The fourth-order valence-electron chi connectivity index (χ4n) is 5.35. The number of aromatic nitrogens is 3. The van der Waals surface area contributed by atoms with Gasteiger partial charge in [0.05, 0.1) is 16.7 Å². The second-order valence-corrected chi connectivity index (χ2v) is 8.93. The van der Waals surface area contributed by atoms with E-state index in [2.05, 4.69) is 88.0 Å². The molecule has 0 aliphatic carbocycles. The molecule has 0 saturated heterocycles. The van der Waals surface area contributed by atoms with E-state index in [-0.39, 0.29) is 0 Å². The highest BCUT2D eigenvalue weighted by Crippen LogP contribution is 2.40. The predicted octanol–water partition coefficient (Wildman–Crippen LogP) is 8.00. The molecule has 0 spiro atoms. The number of nitrogens with zero attached hydrogens (tertiary/aromatic N) is 3. The summed E-state index contributed by atoms with van der Waals surface area (Å²) in [5.74, 6) is 0. The Morgan fingerprint density at radius 2 is 1.40 bits per heavy atom. The van der Waals surface area contributed by atoms with E-state index in [1.54, 1.807) is 0 Å². The van der Waals surface area contributed by atoms with Crippen molar-refractivity contribution >= 4 is 49.4 Å². The zero-order chi connectivity index (χ0) is 22.9. The fourth-order valence-corrected chi connectivity index (χ4v) is 5.35. The Balaban J connectivity index is 1.40. The molecule has 0 atom stereocenters. The Morgan fingerprint density at radius 1 is 0.629 bits per heavy atom. The van der Waals surface area contributed by atoms with Gasteiger partial charge in [-0.2, -0.15) is 0 Å². The number of rotatable bonds is 2. The number of pyridine rings is 1. The van der Waals surface area contributed by atoms with Crippen LogP contribution >= 0.6 is 0 Å². The van der Waals surface area contributed by atoms with Crippen LogP contribution in [0.15, 0.2) is 120 Å². The van der Waals surface area contributed by atoms with Gasteiger partial charge in [0.15, 0.2) is 5.58 Å². The van der Waals surface area contributed by atoms with E-state index in [1.165, 1.54) is 10.8 Å². The standard InChI is InChI=1S/C31H19N3O/c1-3-9-27-22(7-1)24-16-17-25-23-8-2-4-10-28(23)35-31(25)30(24)34(27)21-14-12-20(13-15-21)26-19-33-18-6-5-11-29(33)32-26/h1-19H. The summed E-state index contributed by atoms with van der Waals surface area (Å²) in [6.45, 7) is 0. The molecule has 0 saturated carbocycles. The van der Waals surface area contributed by atoms with Crippen LogP contribution in [0.2, 0.25) is 0 Å². The minimum Gasteiger partial charge on any atom is -0.454 e. The van der Waals surface area contributed by atoms with E-state index in [0.29, 0.717) is 0 Å². The van der Waals surface area contributed by atoms with Crippen LogP contribution in [0.4, 0.5) is 0 Å². The molecule has 4 nitrogen and oxygen atoms in total. The van der Waals surface area contributed by atoms with Gasteiger partial charge in [0.1, 0.15) is 11.2 Å². The Morgan fingerprint density at radius 3 is 2.29 bits per heavy atom. The van der Waals surface area contributed by atoms with Crippen molar-refractivity contribution < 1.29 is 4.42 Å². The third kappa shape index (κ3) is 2.59. The quantitative estimate of drug-likeness (QED) is 0.268. The van der Waals surface area contributed by atoms with Crippen LogP contribution < -0.4 is 0 Å². The molecule has 0 radical (unpaired) electrons. The number of furan rings is 1. The molecule has 4 heteroatoms. The number of fused-ring (bicyclic) bond motifs is 8. The molecular weight excluding hydrogens is 430 g/mol. The third-order valence-electron chi connectivity index (χ3n) is 6.96. The minimum atomic E-state index is 0.911. The van der Waals surface area contributed by atoms with Gasteiger partial charge in [-0.25, -0.2) is 4.98 Å². The summed E-state index contributed by atoms with van der Waals surface area (Å²) in [7, 11) is 0. The maximum absolute atomic E-state index is 6.45. The largest absolute Gasteiger partial charge is 0.454 e. The molecule has 0 aliphatic rings. The van der Waals surface area contributed by atoms with Crippen molar-refractivity contribution in [2.24, 2.45) is 0 Å². The molecule has 0 aliphatic heterocycles. The number of benzene rings is 4. The van der Waals surface area contributed by atoms with Crippen molar-refractivity contribution in [3.05, 3.63) is 116 Å². The van der Waals surface area contributed by atoms with Gasteiger partial charge in [-0.1, -0.05) is 60.7 Å². The normalized spacial score (nSPS) is 12.0. The Hall–Kier alpha value is -4.83. The van der Waals surface area contributed by atoms with Crippen LogP contribution in [0.5, 0.6) is 0 Å². The van der Waals surface area contributed by atoms with Crippen LogP contribution in [0.3, 0.4) is 0 Å². The van der Waals surface area contributed by atoms with Crippen LogP contribution in [0.25, 0.3) is 66.3 Å². The van der Waals surface area contributed by atoms with Crippen LogP contribution in [-0.2, 0) is 0 Å². The van der Waals surface area contributed by atoms with E-state index in [4.69, 9.17) is 9.40 Å². The monoisotopic (exact) mass is 449 g/mol. The lowest BCUT2D eigenvalue weighted by Gasteiger charge is -2.09. The van der Waals surface area contributed by atoms with Crippen molar-refractivity contribution in [3.63, 3.8) is 0 Å². The van der Waals surface area contributed by atoms with Gasteiger partial charge >= 0.3 is 0 Å². The number of hydrogen-bond donors (Lipinski definition) is 0. The van der Waals surface area contributed by atoms with Crippen molar-refractivity contribution in [2.45, 2.75) is 0 Å². The molecule has 0 bridgehead atoms. The maximum Gasteiger partial charge on any atom is 0.160 e. The molecule has 164 valence electrons. The van der Waals surface area contributed by atoms with E-state index in [0.717, 1.165) is 55.6 Å². The number of hydrogen-bond acceptors (Lipinski definition) is 2. The second-order valence-electron chi connectivity index (χ2n) is 8.93. The van der Waals surface area contributed by atoms with E-state index >= 15 is 0 Å². The zero-order valence-electron chi connectivity index (χ0n) is 18.7. The molecule has 4 aromatic heterocycles. The fraction of sp³-hybridized carbons (Fsp3) is 0. The highest BCUT2D eigenvalue weighted by atomic mass is 16.3. The first kappa shape index (κ1) is 18.6. The number of imidazole rings is 1. The topological polar surface area (TPSA) is 35.4 Å². The van der Waals surface area contributed by atoms with Crippen molar-refractivity contribution in [1.82, 2.24) is 14.0 Å². The van der Waals surface area contributed by atoms with Gasteiger partial charge < -0.3 is 13.4 Å². The summed E-state index contributed by atoms with van der Waals surface area (Å²) >= 11 is 0. The van der Waals surface area contributed by atoms with Gasteiger partial charge in [0, 0.05) is 45.2 Å². The van der Waals surface area contributed by atoms with Crippen LogP contribution in [0, 0.1) is 0 Å². The lowest BCUT2D eigenvalue weighted by atomic mass is 10.1. The smallest absolute Gasteiger partial charge is 0.160 e. The maximum atomic E-state index is 6.45. The molecule has 0 N–H and O–H groups in total. The zero-order valence-corrected chi connectivity index (χ0v) is 18.7. The van der Waals surface area contributed by atoms with Crippen LogP contribution in [0.1, 0.15) is 0 Å². The average Bonchev–Trinajstić information content (AvgIpc) is 3.60. The Kier molecular flexibility index (Phi) is 3.63. The summed E-state index contributed by atoms with van der Waals surface area (Å²) < 4.78 is 10.8. The summed E-state index contributed by atoms with van der Waals surface area (Å²) in [6.07, 6.45) is 4.10. The molecule has 0 unspecified atom stereocenters. The van der Waals surface area contributed by atoms with Gasteiger partial charge in [0.2, 0.25) is 0 Å². The molecule has 0 fully saturated rings. The van der Waals surface area contributed by atoms with Crippen molar-refractivity contribution in [1.29, 1.82) is 0 Å². The lowest BCUT2D eigenvalue weighted by molar-refractivity contribution is 0.671. The summed E-state index contributed by atoms with van der Waals surface area (Å²) in [6, 6.07) is 35.9. The number of para-hydroxylation sites is 2. The molecule has 8 aromatic rings. The van der Waals surface area contributed by atoms with Gasteiger partial charge in [-0.15, -0.1) is 0 Å². The summed E-state index contributed by atoms with van der Waals surface area (Å²) in [5.41, 5.74) is 8.18. The van der Waals surface area contributed by atoms with Crippen molar-refractivity contribution in [3.8, 4) is 16.9 Å².